The molecule has 1 amide bonds. The van der Waals surface area contributed by atoms with Gasteiger partial charge >= 0.3 is 0 Å². The lowest BCUT2D eigenvalue weighted by Crippen LogP contribution is -2.44. The second kappa shape index (κ2) is 7.46. The Balaban J connectivity index is 2.24. The SMILES string of the molecule is COc1ccc(Br)c(C(=O)N2CCCCC2CCBr)c1. The monoisotopic (exact) mass is 403 g/mol. The average molecular weight is 405 g/mol. The molecule has 1 fully saturated rings. The van der Waals surface area contributed by atoms with Crippen LogP contribution >= 0.6 is 31.9 Å². The summed E-state index contributed by atoms with van der Waals surface area (Å²) in [6.07, 6.45) is 4.40. The summed E-state index contributed by atoms with van der Waals surface area (Å²) >= 11 is 6.96. The molecule has 1 aliphatic rings. The van der Waals surface area contributed by atoms with E-state index in [0.29, 0.717) is 17.4 Å². The first-order chi connectivity index (χ1) is 9.67. The van der Waals surface area contributed by atoms with E-state index in [2.05, 4.69) is 31.9 Å². The molecular weight excluding hydrogens is 386 g/mol. The van der Waals surface area contributed by atoms with Gasteiger partial charge in [-0.1, -0.05) is 15.9 Å². The average Bonchev–Trinajstić information content (AvgIpc) is 2.48. The van der Waals surface area contributed by atoms with Crippen molar-refractivity contribution in [1.29, 1.82) is 0 Å². The van der Waals surface area contributed by atoms with Gasteiger partial charge in [0.25, 0.3) is 5.91 Å². The normalized spacial score (nSPS) is 18.9. The summed E-state index contributed by atoms with van der Waals surface area (Å²) in [5, 5.41) is 0.931. The largest absolute Gasteiger partial charge is 0.497 e. The second-order valence-electron chi connectivity index (χ2n) is 4.97. The van der Waals surface area contributed by atoms with E-state index in [9.17, 15) is 4.79 Å². The number of ether oxygens (including phenoxy) is 1. The second-order valence-corrected chi connectivity index (χ2v) is 6.62. The molecule has 0 saturated carbocycles. The number of carbonyl (C=O) groups is 1. The number of methoxy groups -OCH3 is 1. The highest BCUT2D eigenvalue weighted by molar-refractivity contribution is 9.10. The van der Waals surface area contributed by atoms with E-state index in [1.807, 2.05) is 23.1 Å². The molecule has 0 aliphatic carbocycles. The van der Waals surface area contributed by atoms with Gasteiger partial charge in [0.05, 0.1) is 12.7 Å². The number of hydrogen-bond acceptors (Lipinski definition) is 2. The molecule has 20 heavy (non-hydrogen) atoms. The Morgan fingerprint density at radius 1 is 1.45 bits per heavy atom. The van der Waals surface area contributed by atoms with E-state index < -0.39 is 0 Å². The Hall–Kier alpha value is -0.550. The van der Waals surface area contributed by atoms with Crippen molar-refractivity contribution in [3.05, 3.63) is 28.2 Å². The van der Waals surface area contributed by atoms with Gasteiger partial charge in [-0.15, -0.1) is 0 Å². The van der Waals surface area contributed by atoms with Gasteiger partial charge < -0.3 is 9.64 Å². The number of carbonyl (C=O) groups excluding carboxylic acids is 1. The summed E-state index contributed by atoms with van der Waals surface area (Å²) in [6.45, 7) is 0.847. The number of benzene rings is 1. The maximum absolute atomic E-state index is 12.8. The Morgan fingerprint density at radius 3 is 2.95 bits per heavy atom. The van der Waals surface area contributed by atoms with Gasteiger partial charge in [-0.3, -0.25) is 4.79 Å². The first-order valence-electron chi connectivity index (χ1n) is 6.88. The molecule has 0 spiro atoms. The van der Waals surface area contributed by atoms with E-state index in [1.54, 1.807) is 7.11 Å². The zero-order valence-corrected chi connectivity index (χ0v) is 14.7. The van der Waals surface area contributed by atoms with Crippen molar-refractivity contribution in [2.24, 2.45) is 0 Å². The molecule has 1 aromatic rings. The fraction of sp³-hybridized carbons (Fsp3) is 0.533. The number of amides is 1. The predicted molar refractivity (Wildman–Crippen MR) is 87.8 cm³/mol. The molecule has 3 nitrogen and oxygen atoms in total. The molecule has 2 rings (SSSR count). The molecule has 0 aromatic heterocycles. The highest BCUT2D eigenvalue weighted by Crippen LogP contribution is 2.28. The van der Waals surface area contributed by atoms with E-state index in [-0.39, 0.29) is 5.91 Å². The van der Waals surface area contributed by atoms with Crippen LogP contribution in [0.2, 0.25) is 0 Å². The first kappa shape index (κ1) is 15.8. The van der Waals surface area contributed by atoms with Crippen molar-refractivity contribution in [3.63, 3.8) is 0 Å². The lowest BCUT2D eigenvalue weighted by molar-refractivity contribution is 0.0608. The van der Waals surface area contributed by atoms with Gasteiger partial charge in [0.1, 0.15) is 5.75 Å². The first-order valence-corrected chi connectivity index (χ1v) is 8.79. The van der Waals surface area contributed by atoms with Gasteiger partial charge in [-0.2, -0.15) is 0 Å². The minimum atomic E-state index is 0.0985. The fourth-order valence-corrected chi connectivity index (χ4v) is 3.59. The number of alkyl halides is 1. The van der Waals surface area contributed by atoms with Crippen LogP contribution < -0.4 is 4.74 Å². The minimum absolute atomic E-state index is 0.0985. The lowest BCUT2D eigenvalue weighted by atomic mass is 9.99. The van der Waals surface area contributed by atoms with E-state index in [0.717, 1.165) is 35.6 Å². The summed E-state index contributed by atoms with van der Waals surface area (Å²) in [7, 11) is 1.62. The third kappa shape index (κ3) is 3.55. The molecule has 1 aliphatic heterocycles. The van der Waals surface area contributed by atoms with Crippen LogP contribution in [0.4, 0.5) is 0 Å². The van der Waals surface area contributed by atoms with Gasteiger partial charge in [-0.05, 0) is 59.8 Å². The van der Waals surface area contributed by atoms with Crippen molar-refractivity contribution >= 4 is 37.8 Å². The van der Waals surface area contributed by atoms with Crippen LogP contribution in [0, 0.1) is 0 Å². The third-order valence-electron chi connectivity index (χ3n) is 3.73. The van der Waals surface area contributed by atoms with Gasteiger partial charge in [0.2, 0.25) is 0 Å². The van der Waals surface area contributed by atoms with Crippen molar-refractivity contribution in [1.82, 2.24) is 4.90 Å². The lowest BCUT2D eigenvalue weighted by Gasteiger charge is -2.36. The number of halogens is 2. The van der Waals surface area contributed by atoms with Crippen LogP contribution in [0.25, 0.3) is 0 Å². The third-order valence-corrected chi connectivity index (χ3v) is 4.88. The Morgan fingerprint density at radius 2 is 2.25 bits per heavy atom. The minimum Gasteiger partial charge on any atom is -0.497 e. The molecule has 1 aromatic carbocycles. The van der Waals surface area contributed by atoms with Crippen molar-refractivity contribution in [3.8, 4) is 5.75 Å². The summed E-state index contributed by atoms with van der Waals surface area (Å²) in [5.41, 5.74) is 0.686. The van der Waals surface area contributed by atoms with Crippen LogP contribution in [0.1, 0.15) is 36.0 Å². The van der Waals surface area contributed by atoms with Gasteiger partial charge in [0, 0.05) is 22.4 Å². The van der Waals surface area contributed by atoms with Crippen LogP contribution in [0.5, 0.6) is 5.75 Å². The topological polar surface area (TPSA) is 29.5 Å². The fourth-order valence-electron chi connectivity index (χ4n) is 2.64. The Bertz CT molecular complexity index is 477. The van der Waals surface area contributed by atoms with Gasteiger partial charge in [-0.25, -0.2) is 0 Å². The summed E-state index contributed by atoms with van der Waals surface area (Å²) < 4.78 is 6.05. The summed E-state index contributed by atoms with van der Waals surface area (Å²) in [4.78, 5) is 14.8. The van der Waals surface area contributed by atoms with Crippen LogP contribution in [-0.2, 0) is 0 Å². The van der Waals surface area contributed by atoms with E-state index in [1.165, 1.54) is 6.42 Å². The van der Waals surface area contributed by atoms with E-state index in [4.69, 9.17) is 4.74 Å². The highest BCUT2D eigenvalue weighted by atomic mass is 79.9. The molecular formula is C15H19Br2NO2. The highest BCUT2D eigenvalue weighted by Gasteiger charge is 2.28. The molecule has 1 atom stereocenters. The standard InChI is InChI=1S/C15H19Br2NO2/c1-20-12-5-6-14(17)13(10-12)15(19)18-9-3-2-4-11(18)7-8-16/h5-6,10-11H,2-4,7-9H2,1H3. The molecule has 0 N–H and O–H groups in total. The zero-order valence-electron chi connectivity index (χ0n) is 11.6. The molecule has 110 valence electrons. The van der Waals surface area contributed by atoms with E-state index >= 15 is 0 Å². The zero-order chi connectivity index (χ0) is 14.5. The molecule has 0 bridgehead atoms. The Kier molecular flexibility index (Phi) is 5.90. The number of hydrogen-bond donors (Lipinski definition) is 0. The molecule has 1 heterocycles. The smallest absolute Gasteiger partial charge is 0.255 e. The Labute approximate surface area is 136 Å². The number of rotatable bonds is 4. The molecule has 1 saturated heterocycles. The maximum Gasteiger partial charge on any atom is 0.255 e. The predicted octanol–water partition coefficient (Wildman–Crippen LogP) is 4.24. The maximum atomic E-state index is 12.8. The van der Waals surface area contributed by atoms with Crippen LogP contribution in [-0.4, -0.2) is 35.8 Å². The molecule has 1 unspecified atom stereocenters. The molecule has 5 heteroatoms. The number of piperidine rings is 1. The summed E-state index contributed by atoms with van der Waals surface area (Å²) in [6, 6.07) is 5.88. The molecule has 0 radical (unpaired) electrons. The van der Waals surface area contributed by atoms with Crippen molar-refractivity contribution < 1.29 is 9.53 Å². The quantitative estimate of drug-likeness (QED) is 0.702. The summed E-state index contributed by atoms with van der Waals surface area (Å²) in [5.74, 6) is 0.812. The van der Waals surface area contributed by atoms with Crippen LogP contribution in [0.15, 0.2) is 22.7 Å². The van der Waals surface area contributed by atoms with Crippen molar-refractivity contribution in [2.75, 3.05) is 19.0 Å². The number of nitrogens with zero attached hydrogens (tertiary/aromatic N) is 1. The van der Waals surface area contributed by atoms with Crippen molar-refractivity contribution in [2.45, 2.75) is 31.7 Å². The number of likely N-dealkylation sites (tertiary alicyclic amines) is 1. The van der Waals surface area contributed by atoms with Gasteiger partial charge in [0.15, 0.2) is 0 Å². The van der Waals surface area contributed by atoms with Crippen LogP contribution in [0.3, 0.4) is 0 Å².